The van der Waals surface area contributed by atoms with Gasteiger partial charge in [-0.15, -0.1) is 0 Å². The van der Waals surface area contributed by atoms with Crippen molar-refractivity contribution >= 4 is 37.5 Å². The monoisotopic (exact) mass is 338 g/mol. The predicted octanol–water partition coefficient (Wildman–Crippen LogP) is 2.74. The zero-order chi connectivity index (χ0) is 13.9. The first-order valence-corrected chi connectivity index (χ1v) is 8.53. The Morgan fingerprint density at radius 1 is 1.30 bits per heavy atom. The number of fused-ring (bicyclic) bond motifs is 1. The number of carbonyl (C=O) groups is 1. The topological polar surface area (TPSA) is 79.8 Å². The molecule has 2 aliphatic rings. The third kappa shape index (κ3) is 2.77. The fraction of sp³-hybridized carbons (Fsp3) is 0.500. The summed E-state index contributed by atoms with van der Waals surface area (Å²) < 4.78 is 8.72. The Balaban J connectivity index is 1.66. The van der Waals surface area contributed by atoms with E-state index < -0.39 is 0 Å². The maximum absolute atomic E-state index is 12.4. The maximum atomic E-state index is 12.4. The average molecular weight is 337 g/mol. The van der Waals surface area contributed by atoms with Gasteiger partial charge in [0.25, 0.3) is 0 Å². The van der Waals surface area contributed by atoms with Gasteiger partial charge in [0.15, 0.2) is 0 Å². The quantitative estimate of drug-likeness (QED) is 0.845. The molecule has 0 spiro atoms. The van der Waals surface area contributed by atoms with Crippen LogP contribution in [0.3, 0.4) is 0 Å². The van der Waals surface area contributed by atoms with Crippen molar-refractivity contribution in [3.8, 4) is 0 Å². The molecular weight excluding hydrogens is 319 g/mol. The van der Waals surface area contributed by atoms with Crippen LogP contribution in [-0.4, -0.2) is 27.0 Å². The summed E-state index contributed by atoms with van der Waals surface area (Å²) in [5.41, 5.74) is 8.23. The van der Waals surface area contributed by atoms with Gasteiger partial charge in [-0.05, 0) is 0 Å². The van der Waals surface area contributed by atoms with Crippen LogP contribution in [-0.2, 0) is 4.79 Å². The van der Waals surface area contributed by atoms with Crippen LogP contribution >= 0.6 is 0 Å². The average Bonchev–Trinajstić information content (AvgIpc) is 2.97. The van der Waals surface area contributed by atoms with Crippen molar-refractivity contribution in [2.24, 2.45) is 25.5 Å². The fourth-order valence-electron chi connectivity index (χ4n) is 2.80. The van der Waals surface area contributed by atoms with Crippen LogP contribution in [0.1, 0.15) is 25.7 Å². The number of nitrogens with zero attached hydrogens (tertiary/aromatic N) is 2. The molecule has 6 heteroatoms. The van der Waals surface area contributed by atoms with E-state index >= 15 is 0 Å². The van der Waals surface area contributed by atoms with Gasteiger partial charge in [0.1, 0.15) is 0 Å². The Kier molecular flexibility index (Phi) is 4.15. The Labute approximate surface area is 124 Å². The molecule has 0 radical (unpaired) electrons. The van der Waals surface area contributed by atoms with Crippen molar-refractivity contribution in [3.63, 3.8) is 0 Å². The molecule has 1 amide bonds. The van der Waals surface area contributed by atoms with E-state index in [9.17, 15) is 4.79 Å². The molecular formula is C14H18N4OSe. The van der Waals surface area contributed by atoms with Crippen molar-refractivity contribution < 1.29 is 4.79 Å². The van der Waals surface area contributed by atoms with Gasteiger partial charge in [-0.25, -0.2) is 0 Å². The molecule has 1 fully saturated rings. The number of hydrogen-bond acceptors (Lipinski definition) is 4. The zero-order valence-corrected chi connectivity index (χ0v) is 12.9. The number of benzene rings is 1. The first kappa shape index (κ1) is 13.7. The second-order valence-corrected chi connectivity index (χ2v) is 6.49. The number of carbonyl (C=O) groups excluding carboxylic acids is 1. The van der Waals surface area contributed by atoms with Crippen LogP contribution < -0.4 is 11.1 Å². The Morgan fingerprint density at radius 3 is 2.85 bits per heavy atom. The molecule has 106 valence electrons. The van der Waals surface area contributed by atoms with E-state index in [4.69, 9.17) is 5.73 Å². The van der Waals surface area contributed by atoms with E-state index in [2.05, 4.69) is 13.2 Å². The number of rotatable bonds is 3. The number of amides is 1. The molecule has 0 atom stereocenters. The minimum absolute atomic E-state index is 0.0671. The van der Waals surface area contributed by atoms with Gasteiger partial charge >= 0.3 is 124 Å². The first-order chi connectivity index (χ1) is 9.78. The molecule has 1 saturated carbocycles. The summed E-state index contributed by atoms with van der Waals surface area (Å²) in [5, 5.41) is 3.03. The van der Waals surface area contributed by atoms with Gasteiger partial charge in [-0.1, -0.05) is 0 Å². The van der Waals surface area contributed by atoms with Crippen LogP contribution in [0.15, 0.2) is 26.1 Å². The van der Waals surface area contributed by atoms with E-state index in [0.29, 0.717) is 5.92 Å². The summed E-state index contributed by atoms with van der Waals surface area (Å²) in [7, 11) is 0. The number of nitrogens with one attached hydrogen (secondary N) is 1. The van der Waals surface area contributed by atoms with Crippen molar-refractivity contribution in [1.29, 1.82) is 0 Å². The molecule has 1 aliphatic carbocycles. The molecule has 3 rings (SSSR count). The summed E-state index contributed by atoms with van der Waals surface area (Å²) >= 11 is -0.0671. The second kappa shape index (κ2) is 6.04. The molecule has 1 aliphatic heterocycles. The van der Waals surface area contributed by atoms with E-state index in [1.54, 1.807) is 0 Å². The Hall–Kier alpha value is -1.23. The molecule has 5 nitrogen and oxygen atoms in total. The minimum atomic E-state index is -0.0671. The van der Waals surface area contributed by atoms with E-state index in [-0.39, 0.29) is 26.4 Å². The fourth-order valence-corrected chi connectivity index (χ4v) is 3.96. The van der Waals surface area contributed by atoms with Crippen molar-refractivity contribution in [1.82, 2.24) is 0 Å². The molecule has 20 heavy (non-hydrogen) atoms. The summed E-state index contributed by atoms with van der Waals surface area (Å²) in [5.74, 6) is 0.817. The van der Waals surface area contributed by atoms with Crippen LogP contribution in [0.2, 0.25) is 0 Å². The normalized spacial score (nSPS) is 24.1. The molecule has 1 aromatic carbocycles. The molecule has 0 saturated heterocycles. The van der Waals surface area contributed by atoms with Gasteiger partial charge in [0.2, 0.25) is 0 Å². The summed E-state index contributed by atoms with van der Waals surface area (Å²) in [6, 6.07) is 5.76. The van der Waals surface area contributed by atoms with E-state index in [1.165, 1.54) is 0 Å². The summed E-state index contributed by atoms with van der Waals surface area (Å²) in [6.07, 6.45) is 4.00. The number of hydrogen-bond donors (Lipinski definition) is 2. The van der Waals surface area contributed by atoms with Crippen LogP contribution in [0.4, 0.5) is 17.1 Å². The van der Waals surface area contributed by atoms with Gasteiger partial charge in [-0.3, -0.25) is 0 Å². The summed E-state index contributed by atoms with van der Waals surface area (Å²) in [4.78, 5) is 12.4. The predicted molar refractivity (Wildman–Crippen MR) is 79.5 cm³/mol. The standard InChI is InChI=1S/C14H18N4OSe/c15-8-9-4-6-10(7-5-9)14(19)16-11-2-1-3-12-13(11)18-20-17-12/h1-3,9-10H,4-8,15H2,(H,16,19). The molecule has 3 N–H and O–H groups in total. The molecule has 1 heterocycles. The van der Waals surface area contributed by atoms with Crippen LogP contribution in [0.5, 0.6) is 0 Å². The van der Waals surface area contributed by atoms with E-state index in [1.807, 2.05) is 18.2 Å². The third-order valence-electron chi connectivity index (χ3n) is 4.09. The van der Waals surface area contributed by atoms with Crippen molar-refractivity contribution in [2.75, 3.05) is 11.9 Å². The molecule has 0 bridgehead atoms. The molecule has 0 unspecified atom stereocenters. The van der Waals surface area contributed by atoms with Gasteiger partial charge in [0, 0.05) is 0 Å². The summed E-state index contributed by atoms with van der Waals surface area (Å²) in [6.45, 7) is 0.739. The van der Waals surface area contributed by atoms with Crippen LogP contribution in [0, 0.1) is 11.8 Å². The van der Waals surface area contributed by atoms with Gasteiger partial charge in [-0.2, -0.15) is 0 Å². The molecule has 1 aromatic rings. The zero-order valence-electron chi connectivity index (χ0n) is 11.2. The Morgan fingerprint density at radius 2 is 2.10 bits per heavy atom. The Bertz CT molecular complexity index is 587. The van der Waals surface area contributed by atoms with E-state index in [0.717, 1.165) is 49.3 Å². The molecule has 0 aromatic heterocycles. The number of anilines is 1. The third-order valence-corrected chi connectivity index (χ3v) is 5.23. The van der Waals surface area contributed by atoms with Gasteiger partial charge in [0.05, 0.1) is 0 Å². The number of nitrogens with two attached hydrogens (primary N) is 1. The van der Waals surface area contributed by atoms with Crippen LogP contribution in [0.25, 0.3) is 0 Å². The first-order valence-electron chi connectivity index (χ1n) is 7.00. The second-order valence-electron chi connectivity index (χ2n) is 5.38. The van der Waals surface area contributed by atoms with Gasteiger partial charge < -0.3 is 0 Å². The van der Waals surface area contributed by atoms with Crippen molar-refractivity contribution in [3.05, 3.63) is 18.2 Å². The SMILES string of the molecule is NCC1CCC(C(=O)Nc2cccc3c2N=[Se]=N3)CC1. The van der Waals surface area contributed by atoms with Crippen molar-refractivity contribution in [2.45, 2.75) is 25.7 Å².